The van der Waals surface area contributed by atoms with Gasteiger partial charge in [-0.3, -0.25) is 4.79 Å². The highest BCUT2D eigenvalue weighted by molar-refractivity contribution is 5.87. The van der Waals surface area contributed by atoms with E-state index in [-0.39, 0.29) is 5.56 Å². The number of aromatic nitrogens is 2. The highest BCUT2D eigenvalue weighted by Crippen LogP contribution is 2.32. The first-order valence-electron chi connectivity index (χ1n) is 7.30. The molecule has 0 aliphatic heterocycles. The van der Waals surface area contributed by atoms with Crippen LogP contribution in [0.4, 0.5) is 0 Å². The molecule has 3 aromatic rings. The molecular weight excluding hydrogens is 292 g/mol. The molecule has 0 aliphatic rings. The largest absolute Gasteiger partial charge is 0.493 e. The van der Waals surface area contributed by atoms with E-state index >= 15 is 0 Å². The molecule has 0 spiro atoms. The van der Waals surface area contributed by atoms with E-state index in [4.69, 9.17) is 9.47 Å². The monoisotopic (exact) mass is 310 g/mol. The fourth-order valence-electron chi connectivity index (χ4n) is 2.67. The minimum absolute atomic E-state index is 0.155. The molecule has 0 N–H and O–H groups in total. The Balaban J connectivity index is 2.25. The smallest absolute Gasteiger partial charge is 0.274 e. The van der Waals surface area contributed by atoms with Gasteiger partial charge in [0.25, 0.3) is 5.56 Å². The van der Waals surface area contributed by atoms with Crippen molar-refractivity contribution in [1.29, 1.82) is 0 Å². The minimum Gasteiger partial charge on any atom is -0.493 e. The van der Waals surface area contributed by atoms with Gasteiger partial charge < -0.3 is 9.47 Å². The quantitative estimate of drug-likeness (QED) is 0.743. The van der Waals surface area contributed by atoms with E-state index < -0.39 is 0 Å². The second-order valence-corrected chi connectivity index (χ2v) is 5.29. The molecule has 0 radical (unpaired) electrons. The summed E-state index contributed by atoms with van der Waals surface area (Å²) in [6, 6.07) is 13.6. The van der Waals surface area contributed by atoms with Crippen LogP contribution < -0.4 is 15.0 Å². The van der Waals surface area contributed by atoms with E-state index in [1.54, 1.807) is 27.3 Å². The van der Waals surface area contributed by atoms with Crippen LogP contribution in [-0.4, -0.2) is 24.0 Å². The van der Waals surface area contributed by atoms with Gasteiger partial charge in [-0.1, -0.05) is 30.3 Å². The predicted molar refractivity (Wildman–Crippen MR) is 89.3 cm³/mol. The van der Waals surface area contributed by atoms with Crippen molar-refractivity contribution in [1.82, 2.24) is 9.78 Å². The highest BCUT2D eigenvalue weighted by atomic mass is 16.5. The van der Waals surface area contributed by atoms with Gasteiger partial charge in [-0.2, -0.15) is 5.10 Å². The van der Waals surface area contributed by atoms with Crippen molar-refractivity contribution >= 4 is 10.8 Å². The average Bonchev–Trinajstić information content (AvgIpc) is 2.59. The molecule has 1 aromatic heterocycles. The second kappa shape index (κ2) is 6.12. The fourth-order valence-corrected chi connectivity index (χ4v) is 2.67. The first-order chi connectivity index (χ1) is 11.1. The van der Waals surface area contributed by atoms with Crippen molar-refractivity contribution in [2.24, 2.45) is 7.05 Å². The maximum atomic E-state index is 12.4. The Morgan fingerprint density at radius 1 is 1.00 bits per heavy atom. The number of methoxy groups -OCH3 is 2. The van der Waals surface area contributed by atoms with E-state index in [1.807, 2.05) is 36.4 Å². The number of hydrogen-bond donors (Lipinski definition) is 0. The topological polar surface area (TPSA) is 53.4 Å². The van der Waals surface area contributed by atoms with Crippen LogP contribution in [0.2, 0.25) is 0 Å². The van der Waals surface area contributed by atoms with Crippen molar-refractivity contribution in [3.05, 3.63) is 64.1 Å². The summed E-state index contributed by atoms with van der Waals surface area (Å²) in [6.07, 6.45) is 0.640. The molecular formula is C18H18N2O3. The third-order valence-corrected chi connectivity index (χ3v) is 3.84. The maximum absolute atomic E-state index is 12.4. The molecule has 3 rings (SSSR count). The van der Waals surface area contributed by atoms with Crippen molar-refractivity contribution < 1.29 is 9.47 Å². The van der Waals surface area contributed by atoms with E-state index in [0.29, 0.717) is 23.3 Å². The van der Waals surface area contributed by atoms with Gasteiger partial charge in [0.1, 0.15) is 0 Å². The SMILES string of the molecule is COc1cc2c(Cc3ccccc3)nn(C)c(=O)c2cc1OC. The zero-order valence-corrected chi connectivity index (χ0v) is 13.4. The Bertz CT molecular complexity index is 902. The third kappa shape index (κ3) is 2.77. The number of ether oxygens (including phenoxy) is 2. The van der Waals surface area contributed by atoms with Gasteiger partial charge in [-0.25, -0.2) is 4.68 Å². The molecule has 0 fully saturated rings. The molecule has 1 heterocycles. The van der Waals surface area contributed by atoms with Gasteiger partial charge in [0.15, 0.2) is 11.5 Å². The van der Waals surface area contributed by atoms with Crippen LogP contribution in [0.15, 0.2) is 47.3 Å². The van der Waals surface area contributed by atoms with Gasteiger partial charge in [0.05, 0.1) is 25.3 Å². The predicted octanol–water partition coefficient (Wildman–Crippen LogP) is 2.54. The van der Waals surface area contributed by atoms with E-state index in [1.165, 1.54) is 4.68 Å². The number of hydrogen-bond acceptors (Lipinski definition) is 4. The van der Waals surface area contributed by atoms with Crippen molar-refractivity contribution in [2.45, 2.75) is 6.42 Å². The third-order valence-electron chi connectivity index (χ3n) is 3.84. The van der Waals surface area contributed by atoms with Gasteiger partial charge in [0, 0.05) is 18.9 Å². The summed E-state index contributed by atoms with van der Waals surface area (Å²) in [5.74, 6) is 1.12. The molecule has 5 heteroatoms. The number of fused-ring (bicyclic) bond motifs is 1. The summed E-state index contributed by atoms with van der Waals surface area (Å²) in [6.45, 7) is 0. The van der Waals surface area contributed by atoms with Crippen LogP contribution in [0.5, 0.6) is 11.5 Å². The normalized spacial score (nSPS) is 10.7. The Hall–Kier alpha value is -2.82. The molecule has 0 atom stereocenters. The number of benzene rings is 2. The first-order valence-corrected chi connectivity index (χ1v) is 7.30. The molecule has 118 valence electrons. The van der Waals surface area contributed by atoms with Crippen molar-refractivity contribution in [3.8, 4) is 11.5 Å². The first kappa shape index (κ1) is 15.1. The number of rotatable bonds is 4. The molecule has 0 aliphatic carbocycles. The summed E-state index contributed by atoms with van der Waals surface area (Å²) < 4.78 is 12.0. The van der Waals surface area contributed by atoms with Crippen molar-refractivity contribution in [3.63, 3.8) is 0 Å². The maximum Gasteiger partial charge on any atom is 0.274 e. The van der Waals surface area contributed by atoms with E-state index in [9.17, 15) is 4.79 Å². The molecule has 5 nitrogen and oxygen atoms in total. The lowest BCUT2D eigenvalue weighted by Crippen LogP contribution is -2.21. The van der Waals surface area contributed by atoms with Gasteiger partial charge in [0.2, 0.25) is 0 Å². The number of aryl methyl sites for hydroxylation is 1. The summed E-state index contributed by atoms with van der Waals surface area (Å²) in [7, 11) is 4.79. The van der Waals surface area contributed by atoms with E-state index in [0.717, 1.165) is 16.6 Å². The summed E-state index contributed by atoms with van der Waals surface area (Å²) in [4.78, 5) is 12.4. The zero-order valence-electron chi connectivity index (χ0n) is 13.4. The van der Waals surface area contributed by atoms with Crippen LogP contribution in [0, 0.1) is 0 Å². The molecule has 0 bridgehead atoms. The lowest BCUT2D eigenvalue weighted by Gasteiger charge is -2.12. The summed E-state index contributed by atoms with van der Waals surface area (Å²) in [5, 5.41) is 5.80. The van der Waals surface area contributed by atoms with Crippen LogP contribution >= 0.6 is 0 Å². The molecule has 2 aromatic carbocycles. The van der Waals surface area contributed by atoms with Gasteiger partial charge >= 0.3 is 0 Å². The van der Waals surface area contributed by atoms with Gasteiger partial charge in [-0.05, 0) is 17.7 Å². The fraction of sp³-hybridized carbons (Fsp3) is 0.222. The lowest BCUT2D eigenvalue weighted by atomic mass is 10.0. The zero-order chi connectivity index (χ0) is 16.4. The summed E-state index contributed by atoms with van der Waals surface area (Å²) >= 11 is 0. The molecule has 0 unspecified atom stereocenters. The number of nitrogens with zero attached hydrogens (tertiary/aromatic N) is 2. The standard InChI is InChI=1S/C18H18N2O3/c1-20-18(21)14-11-17(23-3)16(22-2)10-13(14)15(19-20)9-12-7-5-4-6-8-12/h4-8,10-11H,9H2,1-3H3. The van der Waals surface area contributed by atoms with Crippen LogP contribution in [0.1, 0.15) is 11.3 Å². The van der Waals surface area contributed by atoms with Crippen LogP contribution in [0.3, 0.4) is 0 Å². The highest BCUT2D eigenvalue weighted by Gasteiger charge is 2.14. The molecule has 0 amide bonds. The van der Waals surface area contributed by atoms with Crippen LogP contribution in [0.25, 0.3) is 10.8 Å². The molecule has 23 heavy (non-hydrogen) atoms. The summed E-state index contributed by atoms with van der Waals surface area (Å²) in [5.41, 5.74) is 1.81. The second-order valence-electron chi connectivity index (χ2n) is 5.29. The molecule has 0 saturated carbocycles. The van der Waals surface area contributed by atoms with Crippen LogP contribution in [-0.2, 0) is 13.5 Å². The lowest BCUT2D eigenvalue weighted by molar-refractivity contribution is 0.355. The molecule has 0 saturated heterocycles. The van der Waals surface area contributed by atoms with Gasteiger partial charge in [-0.15, -0.1) is 0 Å². The Kier molecular flexibility index (Phi) is 4.02. The van der Waals surface area contributed by atoms with Crippen molar-refractivity contribution in [2.75, 3.05) is 14.2 Å². The Labute approximate surface area is 134 Å². The Morgan fingerprint density at radius 3 is 2.22 bits per heavy atom. The average molecular weight is 310 g/mol. The minimum atomic E-state index is -0.155. The Morgan fingerprint density at radius 2 is 1.61 bits per heavy atom. The van der Waals surface area contributed by atoms with E-state index in [2.05, 4.69) is 5.10 Å².